The quantitative estimate of drug-likeness (QED) is 0.604. The summed E-state index contributed by atoms with van der Waals surface area (Å²) in [4.78, 5) is 13.2. The van der Waals surface area contributed by atoms with Gasteiger partial charge in [-0.25, -0.2) is 8.42 Å². The highest BCUT2D eigenvalue weighted by molar-refractivity contribution is 9.10. The lowest BCUT2D eigenvalue weighted by atomic mass is 9.68. The average Bonchev–Trinajstić information content (AvgIpc) is 3.17. The lowest BCUT2D eigenvalue weighted by molar-refractivity contribution is 0.0737. The molecule has 0 aromatic heterocycles. The van der Waals surface area contributed by atoms with Crippen molar-refractivity contribution in [2.45, 2.75) is 51.0 Å². The molecule has 5 nitrogen and oxygen atoms in total. The molecule has 3 atom stereocenters. The van der Waals surface area contributed by atoms with Gasteiger partial charge in [-0.15, -0.1) is 0 Å². The van der Waals surface area contributed by atoms with E-state index in [9.17, 15) is 13.2 Å². The Kier molecular flexibility index (Phi) is 5.26. The van der Waals surface area contributed by atoms with Crippen molar-refractivity contribution in [1.29, 1.82) is 0 Å². The summed E-state index contributed by atoms with van der Waals surface area (Å²) in [6.45, 7) is 6.72. The standard InChI is InChI=1S/C23H27BrN2O3S/c1-22(2)16-11-12-23(3,14-16)21(22)25-20(27)15-9-10-18(24)19(13-15)30(28,29)26-17-7-5-4-6-8-17/h4-10,13,16,21,26H,11-12,14H2,1-3H3,(H,25,27)/t16-,21?,23-/m1/s1. The smallest absolute Gasteiger partial charge is 0.263 e. The summed E-state index contributed by atoms with van der Waals surface area (Å²) in [6.07, 6.45) is 3.46. The van der Waals surface area contributed by atoms with E-state index in [-0.39, 0.29) is 27.7 Å². The number of amides is 1. The van der Waals surface area contributed by atoms with E-state index in [0.29, 0.717) is 21.6 Å². The molecular weight excluding hydrogens is 464 g/mol. The van der Waals surface area contributed by atoms with Gasteiger partial charge in [-0.3, -0.25) is 9.52 Å². The largest absolute Gasteiger partial charge is 0.348 e. The van der Waals surface area contributed by atoms with Crippen LogP contribution >= 0.6 is 15.9 Å². The zero-order valence-corrected chi connectivity index (χ0v) is 19.8. The van der Waals surface area contributed by atoms with Crippen LogP contribution in [-0.4, -0.2) is 20.4 Å². The van der Waals surface area contributed by atoms with Crippen molar-refractivity contribution in [2.24, 2.45) is 16.7 Å². The molecule has 2 aromatic carbocycles. The first-order valence-corrected chi connectivity index (χ1v) is 12.5. The number of halogens is 1. The average molecular weight is 491 g/mol. The highest BCUT2D eigenvalue weighted by atomic mass is 79.9. The van der Waals surface area contributed by atoms with Crippen LogP contribution in [0.2, 0.25) is 0 Å². The van der Waals surface area contributed by atoms with Crippen molar-refractivity contribution < 1.29 is 13.2 Å². The molecule has 1 unspecified atom stereocenters. The number of carbonyl (C=O) groups excluding carboxylic acids is 1. The van der Waals surface area contributed by atoms with Crippen molar-refractivity contribution in [3.05, 3.63) is 58.6 Å². The molecule has 0 saturated heterocycles. The van der Waals surface area contributed by atoms with Gasteiger partial charge in [0, 0.05) is 21.8 Å². The van der Waals surface area contributed by atoms with Gasteiger partial charge in [-0.2, -0.15) is 0 Å². The zero-order chi connectivity index (χ0) is 21.7. The summed E-state index contributed by atoms with van der Waals surface area (Å²) in [7, 11) is -3.85. The predicted octanol–water partition coefficient (Wildman–Crippen LogP) is 5.19. The molecule has 2 aromatic rings. The summed E-state index contributed by atoms with van der Waals surface area (Å²) in [5.74, 6) is 0.384. The molecule has 2 bridgehead atoms. The SMILES string of the molecule is CC1(C)C(NC(=O)c2ccc(Br)c(S(=O)(=O)Nc3ccccc3)c2)[C@]2(C)CC[C@@H]1C2. The minimum Gasteiger partial charge on any atom is -0.348 e. The summed E-state index contributed by atoms with van der Waals surface area (Å²) in [5, 5.41) is 3.24. The molecule has 7 heteroatoms. The van der Waals surface area contributed by atoms with Gasteiger partial charge in [0.1, 0.15) is 4.90 Å². The van der Waals surface area contributed by atoms with Crippen molar-refractivity contribution in [3.63, 3.8) is 0 Å². The number of hydrogen-bond acceptors (Lipinski definition) is 3. The van der Waals surface area contributed by atoms with Gasteiger partial charge in [0.25, 0.3) is 15.9 Å². The molecule has 160 valence electrons. The van der Waals surface area contributed by atoms with Gasteiger partial charge in [0.05, 0.1) is 0 Å². The number of anilines is 1. The maximum Gasteiger partial charge on any atom is 0.263 e. The van der Waals surface area contributed by atoms with Crippen LogP contribution in [0.15, 0.2) is 57.9 Å². The van der Waals surface area contributed by atoms with Gasteiger partial charge in [0.15, 0.2) is 0 Å². The maximum absolute atomic E-state index is 13.1. The number of fused-ring (bicyclic) bond motifs is 2. The van der Waals surface area contributed by atoms with Crippen LogP contribution in [0.3, 0.4) is 0 Å². The number of sulfonamides is 1. The molecule has 30 heavy (non-hydrogen) atoms. The van der Waals surface area contributed by atoms with Crippen molar-refractivity contribution in [2.75, 3.05) is 4.72 Å². The van der Waals surface area contributed by atoms with Crippen LogP contribution in [0.1, 0.15) is 50.4 Å². The van der Waals surface area contributed by atoms with Crippen LogP contribution in [-0.2, 0) is 10.0 Å². The number of benzene rings is 2. The van der Waals surface area contributed by atoms with Gasteiger partial charge in [-0.05, 0) is 82.3 Å². The van der Waals surface area contributed by atoms with Crippen LogP contribution in [0.25, 0.3) is 0 Å². The van der Waals surface area contributed by atoms with E-state index in [0.717, 1.165) is 12.8 Å². The fourth-order valence-corrected chi connectivity index (χ4v) is 7.49. The van der Waals surface area contributed by atoms with E-state index < -0.39 is 10.0 Å². The van der Waals surface area contributed by atoms with Crippen molar-refractivity contribution in [1.82, 2.24) is 5.32 Å². The molecule has 2 aliphatic carbocycles. The van der Waals surface area contributed by atoms with Crippen LogP contribution in [0.5, 0.6) is 0 Å². The highest BCUT2D eigenvalue weighted by Gasteiger charge is 2.59. The maximum atomic E-state index is 13.1. The number of para-hydroxylation sites is 1. The monoisotopic (exact) mass is 490 g/mol. The van der Waals surface area contributed by atoms with Crippen LogP contribution < -0.4 is 10.0 Å². The first-order chi connectivity index (χ1) is 14.0. The van der Waals surface area contributed by atoms with E-state index in [2.05, 4.69) is 46.7 Å². The number of nitrogens with one attached hydrogen (secondary N) is 2. The third-order valence-electron chi connectivity index (χ3n) is 7.05. The zero-order valence-electron chi connectivity index (χ0n) is 17.4. The third kappa shape index (κ3) is 3.66. The molecule has 0 spiro atoms. The van der Waals surface area contributed by atoms with E-state index in [1.807, 2.05) is 6.07 Å². The Morgan fingerprint density at radius 2 is 1.80 bits per heavy atom. The number of rotatable bonds is 5. The van der Waals surface area contributed by atoms with Gasteiger partial charge in [0.2, 0.25) is 0 Å². The summed E-state index contributed by atoms with van der Waals surface area (Å²) in [5.41, 5.74) is 0.940. The van der Waals surface area contributed by atoms with Crippen LogP contribution in [0, 0.1) is 16.7 Å². The Morgan fingerprint density at radius 1 is 1.10 bits per heavy atom. The van der Waals surface area contributed by atoms with Crippen LogP contribution in [0.4, 0.5) is 5.69 Å². The molecule has 2 N–H and O–H groups in total. The van der Waals surface area contributed by atoms with E-state index in [1.165, 1.54) is 12.5 Å². The number of hydrogen-bond donors (Lipinski definition) is 2. The highest BCUT2D eigenvalue weighted by Crippen LogP contribution is 2.62. The van der Waals surface area contributed by atoms with E-state index in [1.54, 1.807) is 36.4 Å². The summed E-state index contributed by atoms with van der Waals surface area (Å²) >= 11 is 3.32. The minimum absolute atomic E-state index is 0.0296. The van der Waals surface area contributed by atoms with E-state index >= 15 is 0 Å². The van der Waals surface area contributed by atoms with Gasteiger partial charge < -0.3 is 5.32 Å². The molecule has 0 heterocycles. The molecule has 0 radical (unpaired) electrons. The Labute approximate surface area is 186 Å². The first-order valence-electron chi connectivity index (χ1n) is 10.2. The molecule has 4 rings (SSSR count). The normalized spacial score (nSPS) is 27.1. The Hall–Kier alpha value is -1.86. The fraction of sp³-hybridized carbons (Fsp3) is 0.435. The Bertz CT molecular complexity index is 1080. The topological polar surface area (TPSA) is 75.3 Å². The van der Waals surface area contributed by atoms with Crippen molar-refractivity contribution in [3.8, 4) is 0 Å². The molecular formula is C23H27BrN2O3S. The lowest BCUT2D eigenvalue weighted by Gasteiger charge is -2.43. The second-order valence-corrected chi connectivity index (χ2v) is 11.9. The third-order valence-corrected chi connectivity index (χ3v) is 9.43. The number of carbonyl (C=O) groups is 1. The molecule has 1 amide bonds. The molecule has 2 fully saturated rings. The van der Waals surface area contributed by atoms with Gasteiger partial charge >= 0.3 is 0 Å². The minimum atomic E-state index is -3.85. The van der Waals surface area contributed by atoms with Gasteiger partial charge in [-0.1, -0.05) is 39.0 Å². The summed E-state index contributed by atoms with van der Waals surface area (Å²) < 4.78 is 28.8. The molecule has 2 aliphatic rings. The second kappa shape index (κ2) is 7.38. The lowest BCUT2D eigenvalue weighted by Crippen LogP contribution is -2.52. The fourth-order valence-electron chi connectivity index (χ4n) is 5.44. The Balaban J connectivity index is 1.59. The summed E-state index contributed by atoms with van der Waals surface area (Å²) in [6, 6.07) is 13.5. The predicted molar refractivity (Wildman–Crippen MR) is 122 cm³/mol. The van der Waals surface area contributed by atoms with Crippen molar-refractivity contribution >= 4 is 37.5 Å². The molecule has 0 aliphatic heterocycles. The van der Waals surface area contributed by atoms with E-state index in [4.69, 9.17) is 0 Å². The Morgan fingerprint density at radius 3 is 2.43 bits per heavy atom. The second-order valence-electron chi connectivity index (χ2n) is 9.44. The first kappa shape index (κ1) is 21.4. The molecule has 2 saturated carbocycles.